The summed E-state index contributed by atoms with van der Waals surface area (Å²) in [7, 11) is 0. The molecule has 0 aliphatic carbocycles. The topological polar surface area (TPSA) is 101 Å². The van der Waals surface area contributed by atoms with Gasteiger partial charge in [-0.05, 0) is 34.9 Å². The first-order valence-corrected chi connectivity index (χ1v) is 7.13. The Morgan fingerprint density at radius 3 is 2.39 bits per heavy atom. The maximum Gasteiger partial charge on any atom is 0.353 e. The molecule has 0 amide bonds. The van der Waals surface area contributed by atoms with Crippen LogP contribution in [0.2, 0.25) is 5.02 Å². The molecule has 0 bridgehead atoms. The Balaban J connectivity index is 2.22. The second kappa shape index (κ2) is 7.49. The van der Waals surface area contributed by atoms with Gasteiger partial charge in [-0.3, -0.25) is 5.84 Å². The number of rotatable bonds is 5. The Bertz CT molecular complexity index is 768. The van der Waals surface area contributed by atoms with Crippen molar-refractivity contribution in [3.05, 3.63) is 76.6 Å². The van der Waals surface area contributed by atoms with Crippen molar-refractivity contribution in [2.75, 3.05) is 0 Å². The van der Waals surface area contributed by atoms with Crippen LogP contribution in [-0.4, -0.2) is 11.1 Å². The van der Waals surface area contributed by atoms with Crippen molar-refractivity contribution in [3.63, 3.8) is 0 Å². The van der Waals surface area contributed by atoms with Gasteiger partial charge in [0.1, 0.15) is 5.70 Å². The predicted molar refractivity (Wildman–Crippen MR) is 92.1 cm³/mol. The Kier molecular flexibility index (Phi) is 5.41. The van der Waals surface area contributed by atoms with Gasteiger partial charge in [-0.25, -0.2) is 4.79 Å². The highest BCUT2D eigenvalue weighted by molar-refractivity contribution is 6.30. The molecule has 23 heavy (non-hydrogen) atoms. The molecular formula is C17H16ClN3O2. The number of hydrogen-bond donors (Lipinski definition) is 4. The molecule has 2 rings (SSSR count). The Morgan fingerprint density at radius 2 is 1.83 bits per heavy atom. The smallest absolute Gasteiger partial charge is 0.353 e. The molecule has 0 radical (unpaired) electrons. The van der Waals surface area contributed by atoms with Gasteiger partial charge in [-0.15, -0.1) is 0 Å². The highest BCUT2D eigenvalue weighted by Crippen LogP contribution is 2.23. The van der Waals surface area contributed by atoms with Gasteiger partial charge in [0, 0.05) is 5.02 Å². The molecule has 0 unspecified atom stereocenters. The van der Waals surface area contributed by atoms with Crippen LogP contribution in [0.15, 0.2) is 66.0 Å². The van der Waals surface area contributed by atoms with Gasteiger partial charge in [0.2, 0.25) is 0 Å². The number of hydrogen-bond acceptors (Lipinski definition) is 4. The molecule has 0 aliphatic rings. The second-order valence-electron chi connectivity index (χ2n) is 4.74. The minimum Gasteiger partial charge on any atom is -0.477 e. The second-order valence-corrected chi connectivity index (χ2v) is 5.18. The molecule has 0 saturated heterocycles. The maximum absolute atomic E-state index is 10.8. The van der Waals surface area contributed by atoms with Crippen molar-refractivity contribution in [3.8, 4) is 11.1 Å². The lowest BCUT2D eigenvalue weighted by Crippen LogP contribution is -2.26. The lowest BCUT2D eigenvalue weighted by Gasteiger charge is -2.05. The minimum absolute atomic E-state index is 0.136. The summed E-state index contributed by atoms with van der Waals surface area (Å²) in [5.41, 5.74) is 10.4. The average molecular weight is 330 g/mol. The van der Waals surface area contributed by atoms with E-state index in [0.717, 1.165) is 16.7 Å². The molecule has 118 valence electrons. The highest BCUT2D eigenvalue weighted by Gasteiger charge is 2.06. The molecular weight excluding hydrogens is 314 g/mol. The lowest BCUT2D eigenvalue weighted by atomic mass is 10.0. The summed E-state index contributed by atoms with van der Waals surface area (Å²) in [6.45, 7) is 0. The van der Waals surface area contributed by atoms with Gasteiger partial charge >= 0.3 is 5.97 Å². The molecule has 6 N–H and O–H groups in total. The van der Waals surface area contributed by atoms with Gasteiger partial charge in [0.15, 0.2) is 0 Å². The summed E-state index contributed by atoms with van der Waals surface area (Å²) in [6.07, 6.45) is 3.23. The zero-order valence-corrected chi connectivity index (χ0v) is 12.9. The molecule has 0 saturated carbocycles. The first-order chi connectivity index (χ1) is 11.0. The minimum atomic E-state index is -1.24. The molecule has 0 spiro atoms. The number of carboxylic acids is 1. The molecule has 6 heteroatoms. The Morgan fingerprint density at radius 1 is 1.13 bits per heavy atom. The van der Waals surface area contributed by atoms with Gasteiger partial charge in [-0.2, -0.15) is 0 Å². The van der Waals surface area contributed by atoms with E-state index < -0.39 is 5.97 Å². The fourth-order valence-corrected chi connectivity index (χ4v) is 2.16. The molecule has 0 atom stereocenters. The van der Waals surface area contributed by atoms with E-state index in [1.807, 2.05) is 48.5 Å². The molecule has 5 nitrogen and oxygen atoms in total. The van der Waals surface area contributed by atoms with Crippen LogP contribution in [0.25, 0.3) is 17.2 Å². The summed E-state index contributed by atoms with van der Waals surface area (Å²) in [5, 5.41) is 9.52. The quantitative estimate of drug-likeness (QED) is 0.292. The predicted octanol–water partition coefficient (Wildman–Crippen LogP) is 2.74. The van der Waals surface area contributed by atoms with Gasteiger partial charge < -0.3 is 16.3 Å². The van der Waals surface area contributed by atoms with Gasteiger partial charge in [-0.1, -0.05) is 54.1 Å². The van der Waals surface area contributed by atoms with Crippen molar-refractivity contribution < 1.29 is 9.90 Å². The van der Waals surface area contributed by atoms with Crippen LogP contribution in [0.5, 0.6) is 0 Å². The van der Waals surface area contributed by atoms with Crippen molar-refractivity contribution in [1.82, 2.24) is 5.43 Å². The number of hydrazine groups is 1. The molecule has 0 aromatic heterocycles. The number of allylic oxidation sites excluding steroid dienone is 1. The zero-order valence-electron chi connectivity index (χ0n) is 12.2. The summed E-state index contributed by atoms with van der Waals surface area (Å²) in [4.78, 5) is 10.8. The molecule has 2 aromatic carbocycles. The standard InChI is InChI=1S/C17H16ClN3O2/c18-14-3-1-2-13(10-14)12-7-4-11(5-8-12)6-9-15(21-20)16(19)17(22)23/h1-10,21H,19-20H2,(H,22,23)/b9-6+,16-15-. The number of nitrogens with two attached hydrogens (primary N) is 2. The first kappa shape index (κ1) is 16.6. The first-order valence-electron chi connectivity index (χ1n) is 6.75. The summed E-state index contributed by atoms with van der Waals surface area (Å²) < 4.78 is 0. The van der Waals surface area contributed by atoms with E-state index in [0.29, 0.717) is 5.02 Å². The van der Waals surface area contributed by atoms with Crippen LogP contribution in [0, 0.1) is 0 Å². The number of nitrogens with one attached hydrogen (secondary N) is 1. The van der Waals surface area contributed by atoms with Crippen LogP contribution in [0.1, 0.15) is 5.56 Å². The van der Waals surface area contributed by atoms with Crippen LogP contribution in [0.4, 0.5) is 0 Å². The summed E-state index contributed by atoms with van der Waals surface area (Å²) >= 11 is 5.99. The number of carboxylic acid groups (broad SMARTS) is 1. The molecule has 0 heterocycles. The molecule has 0 fully saturated rings. The van der Waals surface area contributed by atoms with E-state index in [4.69, 9.17) is 28.3 Å². The SMILES string of the molecule is NNC(/C=C/c1ccc(-c2cccc(Cl)c2)cc1)=C(\N)C(=O)O. The van der Waals surface area contributed by atoms with Gasteiger partial charge in [0.25, 0.3) is 0 Å². The van der Waals surface area contributed by atoms with Crippen molar-refractivity contribution in [2.45, 2.75) is 0 Å². The van der Waals surface area contributed by atoms with Crippen molar-refractivity contribution in [2.24, 2.45) is 11.6 Å². The third-order valence-corrected chi connectivity index (χ3v) is 3.42. The fraction of sp³-hybridized carbons (Fsp3) is 0. The molecule has 0 aliphatic heterocycles. The van der Waals surface area contributed by atoms with Crippen LogP contribution < -0.4 is 17.0 Å². The van der Waals surface area contributed by atoms with E-state index in [1.165, 1.54) is 6.08 Å². The number of halogens is 1. The molecule has 2 aromatic rings. The summed E-state index contributed by atoms with van der Waals surface area (Å²) in [5.74, 6) is 4.04. The summed E-state index contributed by atoms with van der Waals surface area (Å²) in [6, 6.07) is 15.3. The van der Waals surface area contributed by atoms with E-state index in [2.05, 4.69) is 5.43 Å². The number of benzene rings is 2. The van der Waals surface area contributed by atoms with Crippen LogP contribution in [0.3, 0.4) is 0 Å². The van der Waals surface area contributed by atoms with E-state index >= 15 is 0 Å². The highest BCUT2D eigenvalue weighted by atomic mass is 35.5. The third kappa shape index (κ3) is 4.35. The number of carbonyl (C=O) groups is 1. The fourth-order valence-electron chi connectivity index (χ4n) is 1.97. The van der Waals surface area contributed by atoms with E-state index in [1.54, 1.807) is 6.08 Å². The largest absolute Gasteiger partial charge is 0.477 e. The van der Waals surface area contributed by atoms with Gasteiger partial charge in [0.05, 0.1) is 5.70 Å². The normalized spacial score (nSPS) is 12.1. The van der Waals surface area contributed by atoms with Crippen LogP contribution >= 0.6 is 11.6 Å². The Hall–Kier alpha value is -2.76. The number of aliphatic carboxylic acids is 1. The maximum atomic E-state index is 10.8. The van der Waals surface area contributed by atoms with Crippen molar-refractivity contribution in [1.29, 1.82) is 0 Å². The average Bonchev–Trinajstić information content (AvgIpc) is 2.55. The van der Waals surface area contributed by atoms with Crippen molar-refractivity contribution >= 4 is 23.6 Å². The lowest BCUT2D eigenvalue weighted by molar-refractivity contribution is -0.132. The third-order valence-electron chi connectivity index (χ3n) is 3.19. The Labute approximate surface area is 138 Å². The van der Waals surface area contributed by atoms with Crippen LogP contribution in [-0.2, 0) is 4.79 Å². The monoisotopic (exact) mass is 329 g/mol. The zero-order chi connectivity index (χ0) is 16.8. The van der Waals surface area contributed by atoms with E-state index in [-0.39, 0.29) is 11.4 Å². The van der Waals surface area contributed by atoms with E-state index in [9.17, 15) is 4.79 Å².